The van der Waals surface area contributed by atoms with Crippen molar-refractivity contribution in [1.82, 2.24) is 10.3 Å². The van der Waals surface area contributed by atoms with Crippen LogP contribution < -0.4 is 16.0 Å². The lowest BCUT2D eigenvalue weighted by molar-refractivity contribution is -0.114. The molecule has 0 bridgehead atoms. The van der Waals surface area contributed by atoms with Crippen molar-refractivity contribution in [3.63, 3.8) is 0 Å². The Bertz CT molecular complexity index is 831. The van der Waals surface area contributed by atoms with Crippen LogP contribution in [0, 0.1) is 0 Å². The molecule has 0 unspecified atom stereocenters. The van der Waals surface area contributed by atoms with Crippen molar-refractivity contribution in [2.24, 2.45) is 0 Å². The predicted octanol–water partition coefficient (Wildman–Crippen LogP) is 2.18. The summed E-state index contributed by atoms with van der Waals surface area (Å²) in [6.45, 7) is 1.41. The number of benzene rings is 1. The first-order chi connectivity index (χ1) is 12.0. The summed E-state index contributed by atoms with van der Waals surface area (Å²) in [7, 11) is 0. The number of carbonyl (C=O) groups excluding carboxylic acids is 3. The standard InChI is InChI=1S/C18H18N4O3/c1-11(23)19-13-4-2-5-14(10-13)21-18(25)16-7-3-6-15(22-16)17(24)20-12-8-9-12/h2-7,10,12H,8-9H2,1H3,(H,19,23)(H,20,24)(H,21,25). The van der Waals surface area contributed by atoms with Gasteiger partial charge < -0.3 is 16.0 Å². The van der Waals surface area contributed by atoms with Gasteiger partial charge in [-0.3, -0.25) is 14.4 Å². The molecule has 0 saturated heterocycles. The summed E-state index contributed by atoms with van der Waals surface area (Å²) in [5.74, 6) is -0.898. The number of rotatable bonds is 5. The Morgan fingerprint density at radius 1 is 0.920 bits per heavy atom. The molecule has 3 amide bonds. The minimum atomic E-state index is -0.430. The highest BCUT2D eigenvalue weighted by Gasteiger charge is 2.24. The molecule has 7 nitrogen and oxygen atoms in total. The summed E-state index contributed by atoms with van der Waals surface area (Å²) >= 11 is 0. The van der Waals surface area contributed by atoms with Gasteiger partial charge in [0.1, 0.15) is 11.4 Å². The number of anilines is 2. The molecule has 1 aliphatic rings. The second kappa shape index (κ2) is 7.12. The van der Waals surface area contributed by atoms with Crippen molar-refractivity contribution in [3.8, 4) is 0 Å². The summed E-state index contributed by atoms with van der Waals surface area (Å²) in [6, 6.07) is 11.7. The number of amides is 3. The fourth-order valence-corrected chi connectivity index (χ4v) is 2.25. The molecule has 1 fully saturated rings. The molecule has 0 radical (unpaired) electrons. The van der Waals surface area contributed by atoms with Gasteiger partial charge in [0, 0.05) is 24.3 Å². The van der Waals surface area contributed by atoms with E-state index in [2.05, 4.69) is 20.9 Å². The number of nitrogens with one attached hydrogen (secondary N) is 3. The van der Waals surface area contributed by atoms with Crippen LogP contribution in [0.5, 0.6) is 0 Å². The number of hydrogen-bond acceptors (Lipinski definition) is 4. The van der Waals surface area contributed by atoms with Gasteiger partial charge in [-0.15, -0.1) is 0 Å². The van der Waals surface area contributed by atoms with Crippen LogP contribution in [0.25, 0.3) is 0 Å². The topological polar surface area (TPSA) is 100 Å². The first-order valence-corrected chi connectivity index (χ1v) is 7.98. The van der Waals surface area contributed by atoms with E-state index in [4.69, 9.17) is 0 Å². The third kappa shape index (κ3) is 4.63. The van der Waals surface area contributed by atoms with Crippen LogP contribution in [-0.2, 0) is 4.79 Å². The minimum Gasteiger partial charge on any atom is -0.348 e. The normalized spacial score (nSPS) is 13.0. The Hall–Kier alpha value is -3.22. The molecule has 1 aliphatic carbocycles. The van der Waals surface area contributed by atoms with E-state index in [0.29, 0.717) is 11.4 Å². The molecular formula is C18H18N4O3. The lowest BCUT2D eigenvalue weighted by Gasteiger charge is -2.08. The van der Waals surface area contributed by atoms with E-state index in [-0.39, 0.29) is 29.2 Å². The molecule has 1 aromatic carbocycles. The average Bonchev–Trinajstić information content (AvgIpc) is 3.38. The molecule has 7 heteroatoms. The molecule has 0 atom stereocenters. The number of nitrogens with zero attached hydrogens (tertiary/aromatic N) is 1. The van der Waals surface area contributed by atoms with Gasteiger partial charge in [-0.1, -0.05) is 12.1 Å². The Kier molecular flexibility index (Phi) is 4.74. The highest BCUT2D eigenvalue weighted by atomic mass is 16.2. The van der Waals surface area contributed by atoms with Crippen LogP contribution in [0.4, 0.5) is 11.4 Å². The van der Waals surface area contributed by atoms with Gasteiger partial charge in [-0.25, -0.2) is 4.98 Å². The third-order valence-corrected chi connectivity index (χ3v) is 3.57. The molecule has 2 aromatic rings. The molecular weight excluding hydrogens is 320 g/mol. The first kappa shape index (κ1) is 16.6. The summed E-state index contributed by atoms with van der Waals surface area (Å²) < 4.78 is 0. The largest absolute Gasteiger partial charge is 0.348 e. The van der Waals surface area contributed by atoms with Crippen LogP contribution in [0.3, 0.4) is 0 Å². The van der Waals surface area contributed by atoms with Crippen molar-refractivity contribution in [2.75, 3.05) is 10.6 Å². The van der Waals surface area contributed by atoms with Crippen LogP contribution >= 0.6 is 0 Å². The van der Waals surface area contributed by atoms with Crippen molar-refractivity contribution >= 4 is 29.1 Å². The predicted molar refractivity (Wildman–Crippen MR) is 93.4 cm³/mol. The van der Waals surface area contributed by atoms with Gasteiger partial charge in [0.05, 0.1) is 0 Å². The van der Waals surface area contributed by atoms with Crippen LogP contribution in [-0.4, -0.2) is 28.7 Å². The Morgan fingerprint density at radius 3 is 2.16 bits per heavy atom. The fraction of sp³-hybridized carbons (Fsp3) is 0.222. The lowest BCUT2D eigenvalue weighted by atomic mass is 10.2. The van der Waals surface area contributed by atoms with Crippen LogP contribution in [0.1, 0.15) is 40.7 Å². The van der Waals surface area contributed by atoms with E-state index in [1.807, 2.05) is 0 Å². The Morgan fingerprint density at radius 2 is 1.52 bits per heavy atom. The monoisotopic (exact) mass is 338 g/mol. The SMILES string of the molecule is CC(=O)Nc1cccc(NC(=O)c2cccc(C(=O)NC3CC3)n2)c1. The van der Waals surface area contributed by atoms with E-state index in [1.54, 1.807) is 42.5 Å². The van der Waals surface area contributed by atoms with E-state index < -0.39 is 5.91 Å². The maximum atomic E-state index is 12.4. The first-order valence-electron chi connectivity index (χ1n) is 7.98. The smallest absolute Gasteiger partial charge is 0.274 e. The summed E-state index contributed by atoms with van der Waals surface area (Å²) in [5, 5.41) is 8.19. The van der Waals surface area contributed by atoms with Gasteiger partial charge >= 0.3 is 0 Å². The zero-order valence-electron chi connectivity index (χ0n) is 13.7. The molecule has 1 heterocycles. The molecule has 0 spiro atoms. The van der Waals surface area contributed by atoms with E-state index >= 15 is 0 Å². The van der Waals surface area contributed by atoms with E-state index in [0.717, 1.165) is 12.8 Å². The lowest BCUT2D eigenvalue weighted by Crippen LogP contribution is -2.27. The van der Waals surface area contributed by atoms with E-state index in [1.165, 1.54) is 6.92 Å². The summed E-state index contributed by atoms with van der Waals surface area (Å²) in [5.41, 5.74) is 1.46. The van der Waals surface area contributed by atoms with Gasteiger partial charge in [0.15, 0.2) is 0 Å². The molecule has 3 rings (SSSR count). The third-order valence-electron chi connectivity index (χ3n) is 3.57. The van der Waals surface area contributed by atoms with Crippen LogP contribution in [0.15, 0.2) is 42.5 Å². The summed E-state index contributed by atoms with van der Waals surface area (Å²) in [6.07, 6.45) is 1.97. The van der Waals surface area contributed by atoms with Crippen molar-refractivity contribution in [1.29, 1.82) is 0 Å². The number of pyridine rings is 1. The maximum Gasteiger partial charge on any atom is 0.274 e. The van der Waals surface area contributed by atoms with Crippen molar-refractivity contribution < 1.29 is 14.4 Å². The highest BCUT2D eigenvalue weighted by Crippen LogP contribution is 2.19. The van der Waals surface area contributed by atoms with E-state index in [9.17, 15) is 14.4 Å². The van der Waals surface area contributed by atoms with Gasteiger partial charge in [0.25, 0.3) is 11.8 Å². The molecule has 128 valence electrons. The maximum absolute atomic E-state index is 12.4. The molecule has 0 aliphatic heterocycles. The Labute approximate surface area is 144 Å². The highest BCUT2D eigenvalue weighted by molar-refractivity contribution is 6.04. The van der Waals surface area contributed by atoms with Crippen LogP contribution in [0.2, 0.25) is 0 Å². The fourth-order valence-electron chi connectivity index (χ4n) is 2.25. The average molecular weight is 338 g/mol. The van der Waals surface area contributed by atoms with Crippen molar-refractivity contribution in [2.45, 2.75) is 25.8 Å². The number of hydrogen-bond donors (Lipinski definition) is 3. The summed E-state index contributed by atoms with van der Waals surface area (Å²) in [4.78, 5) is 39.6. The molecule has 3 N–H and O–H groups in total. The zero-order chi connectivity index (χ0) is 17.8. The van der Waals surface area contributed by atoms with Gasteiger partial charge in [-0.2, -0.15) is 0 Å². The molecule has 1 aromatic heterocycles. The van der Waals surface area contributed by atoms with Gasteiger partial charge in [0.2, 0.25) is 5.91 Å². The quantitative estimate of drug-likeness (QED) is 0.778. The second-order valence-electron chi connectivity index (χ2n) is 5.87. The molecule has 1 saturated carbocycles. The molecule has 25 heavy (non-hydrogen) atoms. The second-order valence-corrected chi connectivity index (χ2v) is 5.87. The minimum absolute atomic E-state index is 0.147. The number of aromatic nitrogens is 1. The van der Waals surface area contributed by atoms with Gasteiger partial charge in [-0.05, 0) is 43.2 Å². The zero-order valence-corrected chi connectivity index (χ0v) is 13.7. The Balaban J connectivity index is 1.70. The van der Waals surface area contributed by atoms with Crippen molar-refractivity contribution in [3.05, 3.63) is 53.9 Å². The number of carbonyl (C=O) groups is 3.